The van der Waals surface area contributed by atoms with Crippen LogP contribution in [0.2, 0.25) is 0 Å². The number of amides is 2. The molecule has 1 aromatic rings. The molecule has 28 heavy (non-hydrogen) atoms. The van der Waals surface area contributed by atoms with Crippen molar-refractivity contribution < 1.29 is 9.59 Å². The van der Waals surface area contributed by atoms with Crippen LogP contribution in [0.5, 0.6) is 0 Å². The molecule has 6 heteroatoms. The molecule has 0 radical (unpaired) electrons. The average Bonchev–Trinajstić information content (AvgIpc) is 2.98. The fourth-order valence-corrected chi connectivity index (χ4v) is 7.22. The summed E-state index contributed by atoms with van der Waals surface area (Å²) in [7, 11) is 1.76. The van der Waals surface area contributed by atoms with Gasteiger partial charge in [0, 0.05) is 24.7 Å². The standard InChI is InChI=1S/C22H27N3O2S/c1-25(17-5-3-2-4-6-17)19(26)10-18-20(27)23-21(28-18)24-22-11-14-7-15(12-22)9-16(8-14)13-22/h2-6,14-16,18H,7-13H2,1H3,(H,23,24,27). The maximum absolute atomic E-state index is 12.7. The Hall–Kier alpha value is -1.82. The number of hydrogen-bond acceptors (Lipinski definition) is 4. The maximum atomic E-state index is 12.7. The number of hydrogen-bond donors (Lipinski definition) is 1. The van der Waals surface area contributed by atoms with Crippen LogP contribution in [-0.4, -0.2) is 34.8 Å². The number of carbonyl (C=O) groups is 2. The Bertz CT molecular complexity index is 787. The van der Waals surface area contributed by atoms with E-state index in [9.17, 15) is 9.59 Å². The molecule has 148 valence electrons. The van der Waals surface area contributed by atoms with Crippen LogP contribution >= 0.6 is 11.8 Å². The van der Waals surface area contributed by atoms with Crippen molar-refractivity contribution in [3.05, 3.63) is 30.3 Å². The van der Waals surface area contributed by atoms with E-state index in [0.29, 0.717) is 0 Å². The number of para-hydroxylation sites is 1. The Labute approximate surface area is 170 Å². The average molecular weight is 398 g/mol. The lowest BCUT2D eigenvalue weighted by Gasteiger charge is -2.57. The lowest BCUT2D eigenvalue weighted by atomic mass is 9.53. The smallest absolute Gasteiger partial charge is 0.262 e. The van der Waals surface area contributed by atoms with Crippen LogP contribution in [0, 0.1) is 17.8 Å². The minimum Gasteiger partial charge on any atom is -0.359 e. The zero-order chi connectivity index (χ0) is 19.3. The molecule has 4 aliphatic carbocycles. The molecule has 0 aromatic heterocycles. The summed E-state index contributed by atoms with van der Waals surface area (Å²) in [5.41, 5.74) is 0.983. The Kier molecular flexibility index (Phi) is 4.49. The van der Waals surface area contributed by atoms with Crippen LogP contribution in [0.15, 0.2) is 35.3 Å². The molecule has 4 fully saturated rings. The van der Waals surface area contributed by atoms with Crippen molar-refractivity contribution in [3.63, 3.8) is 0 Å². The number of rotatable bonds is 4. The largest absolute Gasteiger partial charge is 0.359 e. The number of anilines is 1. The normalized spacial score (nSPS) is 35.8. The lowest BCUT2D eigenvalue weighted by Crippen LogP contribution is -2.59. The number of nitrogens with one attached hydrogen (secondary N) is 1. The minimum atomic E-state index is -0.407. The predicted octanol–water partition coefficient (Wildman–Crippen LogP) is 3.60. The summed E-state index contributed by atoms with van der Waals surface area (Å²) in [6.07, 6.45) is 8.01. The molecule has 6 rings (SSSR count). The van der Waals surface area contributed by atoms with E-state index in [1.165, 1.54) is 50.3 Å². The summed E-state index contributed by atoms with van der Waals surface area (Å²) < 4.78 is 0. The molecule has 5 aliphatic rings. The molecule has 1 atom stereocenters. The molecule has 0 saturated heterocycles. The molecule has 5 nitrogen and oxygen atoms in total. The van der Waals surface area contributed by atoms with Crippen LogP contribution < -0.4 is 10.2 Å². The van der Waals surface area contributed by atoms with Crippen LogP contribution in [-0.2, 0) is 9.59 Å². The van der Waals surface area contributed by atoms with E-state index >= 15 is 0 Å². The fourth-order valence-electron chi connectivity index (χ4n) is 6.15. The van der Waals surface area contributed by atoms with Gasteiger partial charge in [0.2, 0.25) is 5.91 Å². The molecule has 1 aromatic carbocycles. The molecule has 0 spiro atoms. The number of nitrogens with zero attached hydrogens (tertiary/aromatic N) is 2. The van der Waals surface area contributed by atoms with Gasteiger partial charge in [0.15, 0.2) is 5.17 Å². The van der Waals surface area contributed by atoms with Crippen molar-refractivity contribution >= 4 is 34.4 Å². The molecule has 1 aliphatic heterocycles. The van der Waals surface area contributed by atoms with E-state index in [0.717, 1.165) is 28.6 Å². The molecule has 1 heterocycles. The topological polar surface area (TPSA) is 61.8 Å². The predicted molar refractivity (Wildman–Crippen MR) is 112 cm³/mol. The van der Waals surface area contributed by atoms with E-state index in [-0.39, 0.29) is 23.8 Å². The summed E-state index contributed by atoms with van der Waals surface area (Å²) in [5, 5.41) is 4.02. The minimum absolute atomic E-state index is 0.0525. The van der Waals surface area contributed by atoms with Gasteiger partial charge in [-0.05, 0) is 68.4 Å². The van der Waals surface area contributed by atoms with E-state index in [4.69, 9.17) is 0 Å². The van der Waals surface area contributed by atoms with Crippen LogP contribution in [0.25, 0.3) is 0 Å². The highest BCUT2D eigenvalue weighted by atomic mass is 32.2. The van der Waals surface area contributed by atoms with Crippen LogP contribution in [0.3, 0.4) is 0 Å². The maximum Gasteiger partial charge on any atom is 0.262 e. The molecule has 2 amide bonds. The molecule has 1 N–H and O–H groups in total. The van der Waals surface area contributed by atoms with Gasteiger partial charge in [0.1, 0.15) is 5.25 Å². The number of benzene rings is 1. The van der Waals surface area contributed by atoms with Crippen molar-refractivity contribution in [1.82, 2.24) is 5.32 Å². The van der Waals surface area contributed by atoms with Crippen molar-refractivity contribution in [2.45, 2.75) is 55.7 Å². The van der Waals surface area contributed by atoms with Crippen molar-refractivity contribution in [3.8, 4) is 0 Å². The lowest BCUT2D eigenvalue weighted by molar-refractivity contribution is -0.122. The summed E-state index contributed by atoms with van der Waals surface area (Å²) in [4.78, 5) is 31.0. The summed E-state index contributed by atoms with van der Waals surface area (Å²) in [6, 6.07) is 9.54. The van der Waals surface area contributed by atoms with Crippen LogP contribution in [0.4, 0.5) is 5.69 Å². The van der Waals surface area contributed by atoms with E-state index in [2.05, 4.69) is 10.3 Å². The first-order valence-corrected chi connectivity index (χ1v) is 11.3. The third kappa shape index (κ3) is 3.36. The molecular weight excluding hydrogens is 370 g/mol. The first-order chi connectivity index (χ1) is 13.5. The molecule has 4 saturated carbocycles. The van der Waals surface area contributed by atoms with Gasteiger partial charge in [0.25, 0.3) is 5.91 Å². The SMILES string of the molecule is CN(C(=O)CC1SC(NC23CC4CC(CC(C4)C2)C3)=NC1=O)c1ccccc1. The fraction of sp³-hybridized carbons (Fsp3) is 0.591. The van der Waals surface area contributed by atoms with Gasteiger partial charge >= 0.3 is 0 Å². The van der Waals surface area contributed by atoms with Gasteiger partial charge in [0.05, 0.1) is 0 Å². The molecular formula is C22H27N3O2S. The second kappa shape index (κ2) is 6.90. The van der Waals surface area contributed by atoms with E-state index in [1.807, 2.05) is 30.3 Å². The van der Waals surface area contributed by atoms with Gasteiger partial charge < -0.3 is 10.2 Å². The Balaban J connectivity index is 1.21. The van der Waals surface area contributed by atoms with Crippen molar-refractivity contribution in [2.75, 3.05) is 11.9 Å². The number of aliphatic imine (C=N–C) groups is 1. The zero-order valence-corrected chi connectivity index (χ0v) is 17.1. The van der Waals surface area contributed by atoms with Gasteiger partial charge in [-0.3, -0.25) is 9.59 Å². The van der Waals surface area contributed by atoms with Crippen molar-refractivity contribution in [2.24, 2.45) is 22.7 Å². The van der Waals surface area contributed by atoms with Crippen LogP contribution in [0.1, 0.15) is 44.9 Å². The highest BCUT2D eigenvalue weighted by molar-refractivity contribution is 8.15. The van der Waals surface area contributed by atoms with Gasteiger partial charge in [-0.1, -0.05) is 30.0 Å². The van der Waals surface area contributed by atoms with E-state index < -0.39 is 5.25 Å². The number of thioether (sulfide) groups is 1. The second-order valence-electron chi connectivity index (χ2n) is 9.18. The quantitative estimate of drug-likeness (QED) is 0.843. The van der Waals surface area contributed by atoms with E-state index in [1.54, 1.807) is 11.9 Å². The van der Waals surface area contributed by atoms with Crippen molar-refractivity contribution in [1.29, 1.82) is 0 Å². The number of carbonyl (C=O) groups excluding carboxylic acids is 2. The van der Waals surface area contributed by atoms with Gasteiger partial charge in [-0.15, -0.1) is 0 Å². The first kappa shape index (κ1) is 18.2. The van der Waals surface area contributed by atoms with Gasteiger partial charge in [-0.2, -0.15) is 4.99 Å². The third-order valence-corrected chi connectivity index (χ3v) is 8.10. The Morgan fingerprint density at radius 3 is 2.36 bits per heavy atom. The third-order valence-electron chi connectivity index (χ3n) is 7.03. The molecule has 4 bridgehead atoms. The molecule has 1 unspecified atom stereocenters. The Morgan fingerprint density at radius 2 is 1.75 bits per heavy atom. The summed E-state index contributed by atoms with van der Waals surface area (Å²) in [6.45, 7) is 0. The highest BCUT2D eigenvalue weighted by Gasteiger charge is 2.51. The first-order valence-electron chi connectivity index (χ1n) is 10.4. The second-order valence-corrected chi connectivity index (χ2v) is 10.4. The highest BCUT2D eigenvalue weighted by Crippen LogP contribution is 2.55. The summed E-state index contributed by atoms with van der Waals surface area (Å²) >= 11 is 1.45. The summed E-state index contributed by atoms with van der Waals surface area (Å²) in [5.74, 6) is 2.31. The Morgan fingerprint density at radius 1 is 1.14 bits per heavy atom. The monoisotopic (exact) mass is 397 g/mol. The number of amidine groups is 1. The van der Waals surface area contributed by atoms with Gasteiger partial charge in [-0.25, -0.2) is 0 Å². The zero-order valence-electron chi connectivity index (χ0n) is 16.3.